The molecule has 2 aromatic rings. The lowest BCUT2D eigenvalue weighted by Crippen LogP contribution is -2.45. The second-order valence-electron chi connectivity index (χ2n) is 5.32. The molecular formula is C14H18BrClN4O. The maximum atomic E-state index is 12.0. The van der Waals surface area contributed by atoms with E-state index in [-0.39, 0.29) is 18.3 Å². The molecular weight excluding hydrogens is 356 g/mol. The van der Waals surface area contributed by atoms with E-state index in [1.54, 1.807) is 17.1 Å². The molecule has 1 heterocycles. The lowest BCUT2D eigenvalue weighted by Gasteiger charge is -2.18. The molecule has 0 atom stereocenters. The number of halogens is 2. The number of carbonyl (C=O) groups excluding carboxylic acids is 1. The van der Waals surface area contributed by atoms with Gasteiger partial charge in [-0.25, -0.2) is 4.68 Å². The van der Waals surface area contributed by atoms with Crippen LogP contribution in [0.5, 0.6) is 0 Å². The summed E-state index contributed by atoms with van der Waals surface area (Å²) in [5, 5.41) is 6.99. The van der Waals surface area contributed by atoms with Crippen LogP contribution in [0.1, 0.15) is 24.2 Å². The predicted octanol–water partition coefficient (Wildman–Crippen LogP) is 2.52. The van der Waals surface area contributed by atoms with Crippen LogP contribution in [0.25, 0.3) is 5.69 Å². The second kappa shape index (κ2) is 7.06. The van der Waals surface area contributed by atoms with Crippen molar-refractivity contribution in [2.24, 2.45) is 5.73 Å². The summed E-state index contributed by atoms with van der Waals surface area (Å²) in [6, 6.07) is 7.70. The smallest absolute Gasteiger partial charge is 0.254 e. The fraction of sp³-hybridized carbons (Fsp3) is 0.286. The van der Waals surface area contributed by atoms with Crippen LogP contribution >= 0.6 is 28.3 Å². The summed E-state index contributed by atoms with van der Waals surface area (Å²) >= 11 is 3.41. The minimum Gasteiger partial charge on any atom is -0.350 e. The zero-order chi connectivity index (χ0) is 14.8. The molecule has 0 aliphatic rings. The van der Waals surface area contributed by atoms with Crippen LogP contribution in [0.3, 0.4) is 0 Å². The van der Waals surface area contributed by atoms with E-state index in [1.807, 2.05) is 38.1 Å². The predicted molar refractivity (Wildman–Crippen MR) is 89.1 cm³/mol. The van der Waals surface area contributed by atoms with Gasteiger partial charge in [-0.3, -0.25) is 4.79 Å². The molecule has 1 amide bonds. The Morgan fingerprint density at radius 3 is 2.81 bits per heavy atom. The Labute approximate surface area is 138 Å². The third-order valence-electron chi connectivity index (χ3n) is 2.62. The van der Waals surface area contributed by atoms with Crippen molar-refractivity contribution in [2.45, 2.75) is 19.4 Å². The van der Waals surface area contributed by atoms with E-state index in [0.29, 0.717) is 12.1 Å². The monoisotopic (exact) mass is 372 g/mol. The van der Waals surface area contributed by atoms with Gasteiger partial charge in [-0.2, -0.15) is 5.10 Å². The standard InChI is InChI=1S/C14H17BrN4O.ClH/c1-14(2,16)9-17-13(20)10-7-18-19(8-10)12-5-3-4-11(15)6-12;/h3-8H,9,16H2,1-2H3,(H,17,20);1H. The number of amides is 1. The summed E-state index contributed by atoms with van der Waals surface area (Å²) in [6.45, 7) is 4.13. The fourth-order valence-corrected chi connectivity index (χ4v) is 2.00. The van der Waals surface area contributed by atoms with E-state index in [2.05, 4.69) is 26.3 Å². The van der Waals surface area contributed by atoms with Crippen LogP contribution in [-0.2, 0) is 0 Å². The van der Waals surface area contributed by atoms with E-state index in [4.69, 9.17) is 5.73 Å². The average molecular weight is 374 g/mol. The van der Waals surface area contributed by atoms with Crippen LogP contribution in [0, 0.1) is 0 Å². The third-order valence-corrected chi connectivity index (χ3v) is 3.12. The molecule has 2 rings (SSSR count). The van der Waals surface area contributed by atoms with Crippen molar-refractivity contribution in [2.75, 3.05) is 6.54 Å². The van der Waals surface area contributed by atoms with Crippen molar-refractivity contribution >= 4 is 34.2 Å². The summed E-state index contributed by atoms with van der Waals surface area (Å²) < 4.78 is 2.62. The molecule has 0 bridgehead atoms. The molecule has 0 saturated carbocycles. The van der Waals surface area contributed by atoms with Gasteiger partial charge in [0, 0.05) is 22.8 Å². The Morgan fingerprint density at radius 2 is 2.19 bits per heavy atom. The first-order valence-electron chi connectivity index (χ1n) is 6.23. The number of rotatable bonds is 4. The SMILES string of the molecule is CC(C)(N)CNC(=O)c1cnn(-c2cccc(Br)c2)c1.Cl. The summed E-state index contributed by atoms with van der Waals surface area (Å²) in [6.07, 6.45) is 3.24. The molecule has 7 heteroatoms. The number of nitrogens with two attached hydrogens (primary N) is 1. The van der Waals surface area contributed by atoms with Gasteiger partial charge in [0.2, 0.25) is 0 Å². The van der Waals surface area contributed by atoms with E-state index in [1.165, 1.54) is 0 Å². The van der Waals surface area contributed by atoms with Gasteiger partial charge in [-0.05, 0) is 32.0 Å². The van der Waals surface area contributed by atoms with Crippen molar-refractivity contribution < 1.29 is 4.79 Å². The zero-order valence-corrected chi connectivity index (χ0v) is 14.2. The van der Waals surface area contributed by atoms with Crippen LogP contribution in [-0.4, -0.2) is 27.8 Å². The van der Waals surface area contributed by atoms with Gasteiger partial charge >= 0.3 is 0 Å². The summed E-state index contributed by atoms with van der Waals surface area (Å²) in [7, 11) is 0. The van der Waals surface area contributed by atoms with E-state index in [0.717, 1.165) is 10.2 Å². The van der Waals surface area contributed by atoms with Crippen molar-refractivity contribution in [3.63, 3.8) is 0 Å². The van der Waals surface area contributed by atoms with Crippen molar-refractivity contribution in [3.05, 3.63) is 46.7 Å². The van der Waals surface area contributed by atoms with Crippen LogP contribution in [0.4, 0.5) is 0 Å². The quantitative estimate of drug-likeness (QED) is 0.865. The highest BCUT2D eigenvalue weighted by molar-refractivity contribution is 9.10. The van der Waals surface area contributed by atoms with Gasteiger partial charge in [-0.1, -0.05) is 22.0 Å². The molecule has 21 heavy (non-hydrogen) atoms. The van der Waals surface area contributed by atoms with E-state index >= 15 is 0 Å². The third kappa shape index (κ3) is 5.15. The first kappa shape index (κ1) is 17.7. The number of carbonyl (C=O) groups is 1. The van der Waals surface area contributed by atoms with Crippen LogP contribution in [0.15, 0.2) is 41.1 Å². The summed E-state index contributed by atoms with van der Waals surface area (Å²) in [5.74, 6) is -0.176. The molecule has 0 radical (unpaired) electrons. The number of nitrogens with one attached hydrogen (secondary N) is 1. The van der Waals surface area contributed by atoms with Gasteiger partial charge in [0.25, 0.3) is 5.91 Å². The Kier molecular flexibility index (Phi) is 5.95. The molecule has 0 spiro atoms. The summed E-state index contributed by atoms with van der Waals surface area (Å²) in [5.41, 5.74) is 6.79. The van der Waals surface area contributed by atoms with Gasteiger partial charge in [0.1, 0.15) is 0 Å². The topological polar surface area (TPSA) is 72.9 Å². The van der Waals surface area contributed by atoms with Crippen molar-refractivity contribution in [1.82, 2.24) is 15.1 Å². The minimum absolute atomic E-state index is 0. The number of nitrogens with zero attached hydrogens (tertiary/aromatic N) is 2. The number of hydrogen-bond donors (Lipinski definition) is 2. The average Bonchev–Trinajstić information content (AvgIpc) is 2.84. The Bertz CT molecular complexity index is 621. The first-order valence-corrected chi connectivity index (χ1v) is 7.02. The lowest BCUT2D eigenvalue weighted by molar-refractivity contribution is 0.0946. The minimum atomic E-state index is -0.435. The molecule has 114 valence electrons. The zero-order valence-electron chi connectivity index (χ0n) is 11.8. The summed E-state index contributed by atoms with van der Waals surface area (Å²) in [4.78, 5) is 12.0. The van der Waals surface area contributed by atoms with Gasteiger partial charge in [-0.15, -0.1) is 12.4 Å². The molecule has 1 aromatic carbocycles. The highest BCUT2D eigenvalue weighted by atomic mass is 79.9. The van der Waals surface area contributed by atoms with E-state index < -0.39 is 5.54 Å². The van der Waals surface area contributed by atoms with Crippen LogP contribution in [0.2, 0.25) is 0 Å². The van der Waals surface area contributed by atoms with Crippen molar-refractivity contribution in [1.29, 1.82) is 0 Å². The maximum Gasteiger partial charge on any atom is 0.254 e. The lowest BCUT2D eigenvalue weighted by atomic mass is 10.1. The number of aromatic nitrogens is 2. The molecule has 0 aliphatic carbocycles. The Balaban J connectivity index is 0.00000220. The van der Waals surface area contributed by atoms with E-state index in [9.17, 15) is 4.79 Å². The van der Waals surface area contributed by atoms with Crippen LogP contribution < -0.4 is 11.1 Å². The van der Waals surface area contributed by atoms with Gasteiger partial charge in [0.05, 0.1) is 17.4 Å². The number of benzene rings is 1. The fourth-order valence-electron chi connectivity index (χ4n) is 1.61. The van der Waals surface area contributed by atoms with Crippen molar-refractivity contribution in [3.8, 4) is 5.69 Å². The highest BCUT2D eigenvalue weighted by Crippen LogP contribution is 2.15. The largest absolute Gasteiger partial charge is 0.350 e. The molecule has 0 unspecified atom stereocenters. The molecule has 5 nitrogen and oxygen atoms in total. The first-order chi connectivity index (χ1) is 9.35. The van der Waals surface area contributed by atoms with Gasteiger partial charge in [0.15, 0.2) is 0 Å². The highest BCUT2D eigenvalue weighted by Gasteiger charge is 2.14. The second-order valence-corrected chi connectivity index (χ2v) is 6.24. The molecule has 0 aliphatic heterocycles. The number of hydrogen-bond acceptors (Lipinski definition) is 3. The van der Waals surface area contributed by atoms with Gasteiger partial charge < -0.3 is 11.1 Å². The molecule has 0 saturated heterocycles. The maximum absolute atomic E-state index is 12.0. The molecule has 0 fully saturated rings. The Morgan fingerprint density at radius 1 is 1.48 bits per heavy atom. The molecule has 3 N–H and O–H groups in total. The molecule has 1 aromatic heterocycles. The normalized spacial score (nSPS) is 10.9. The Hall–Kier alpha value is -1.37.